The van der Waals surface area contributed by atoms with Crippen LogP contribution in [0.25, 0.3) is 0 Å². The van der Waals surface area contributed by atoms with Crippen molar-refractivity contribution in [1.29, 1.82) is 5.26 Å². The largest absolute Gasteiger partial charge is 0.343 e. The van der Waals surface area contributed by atoms with E-state index in [1.807, 2.05) is 12.1 Å². The molecule has 0 atom stereocenters. The van der Waals surface area contributed by atoms with Crippen LogP contribution in [-0.2, 0) is 21.2 Å². The first-order valence-corrected chi connectivity index (χ1v) is 9.50. The maximum absolute atomic E-state index is 12.2. The van der Waals surface area contributed by atoms with E-state index in [-0.39, 0.29) is 11.9 Å². The van der Waals surface area contributed by atoms with Gasteiger partial charge in [0.25, 0.3) is 0 Å². The van der Waals surface area contributed by atoms with Crippen molar-refractivity contribution in [1.82, 2.24) is 9.62 Å². The lowest BCUT2D eigenvalue weighted by atomic mass is 10.0. The normalized spacial score (nSPS) is 16.1. The first kappa shape index (κ1) is 17.4. The molecule has 0 aliphatic carbocycles. The van der Waals surface area contributed by atoms with Crippen molar-refractivity contribution in [3.63, 3.8) is 0 Å². The van der Waals surface area contributed by atoms with Gasteiger partial charge in [-0.25, -0.2) is 13.1 Å². The Morgan fingerprint density at radius 2 is 1.91 bits per heavy atom. The van der Waals surface area contributed by atoms with Crippen LogP contribution in [0.15, 0.2) is 24.3 Å². The fraction of sp³-hybridized carbons (Fsp3) is 0.500. The zero-order valence-electron chi connectivity index (χ0n) is 13.2. The summed E-state index contributed by atoms with van der Waals surface area (Å²) in [5.41, 5.74) is 1.64. The molecule has 1 aliphatic heterocycles. The Morgan fingerprint density at radius 3 is 2.43 bits per heavy atom. The second kappa shape index (κ2) is 7.57. The highest BCUT2D eigenvalue weighted by atomic mass is 32.2. The quantitative estimate of drug-likeness (QED) is 0.870. The molecule has 1 aliphatic rings. The molecule has 2 rings (SSSR count). The standard InChI is InChI=1S/C16H21N3O3S/c1-23(21,22)18-15-8-10-19(11-9-15)16(20)7-6-13-2-4-14(12-17)5-3-13/h2-5,15,18H,6-11H2,1H3. The number of aryl methyl sites for hydroxylation is 1. The van der Waals surface area contributed by atoms with Gasteiger partial charge < -0.3 is 4.90 Å². The van der Waals surface area contributed by atoms with Crippen molar-refractivity contribution in [3.8, 4) is 6.07 Å². The molecule has 1 fully saturated rings. The van der Waals surface area contributed by atoms with Crippen molar-refractivity contribution in [2.24, 2.45) is 0 Å². The lowest BCUT2D eigenvalue weighted by Crippen LogP contribution is -2.46. The maximum Gasteiger partial charge on any atom is 0.222 e. The molecule has 1 aromatic rings. The minimum absolute atomic E-state index is 0.0763. The highest BCUT2D eigenvalue weighted by Crippen LogP contribution is 2.14. The number of benzene rings is 1. The maximum atomic E-state index is 12.2. The van der Waals surface area contributed by atoms with Crippen molar-refractivity contribution >= 4 is 15.9 Å². The molecule has 0 spiro atoms. The lowest BCUT2D eigenvalue weighted by molar-refractivity contribution is -0.132. The Labute approximate surface area is 137 Å². The van der Waals surface area contributed by atoms with E-state index in [9.17, 15) is 13.2 Å². The average Bonchev–Trinajstić information content (AvgIpc) is 2.52. The second-order valence-electron chi connectivity index (χ2n) is 5.85. The molecule has 0 saturated carbocycles. The number of rotatable bonds is 5. The molecule has 0 unspecified atom stereocenters. The summed E-state index contributed by atoms with van der Waals surface area (Å²) in [5, 5.41) is 8.76. The number of carbonyl (C=O) groups is 1. The minimum atomic E-state index is -3.19. The fourth-order valence-electron chi connectivity index (χ4n) is 2.70. The zero-order valence-corrected chi connectivity index (χ0v) is 14.0. The van der Waals surface area contributed by atoms with Crippen LogP contribution in [0.3, 0.4) is 0 Å². The molecular formula is C16H21N3O3S. The van der Waals surface area contributed by atoms with Crippen molar-refractivity contribution in [2.75, 3.05) is 19.3 Å². The molecule has 124 valence electrons. The monoisotopic (exact) mass is 335 g/mol. The summed E-state index contributed by atoms with van der Waals surface area (Å²) in [5.74, 6) is 0.0900. The van der Waals surface area contributed by atoms with E-state index in [2.05, 4.69) is 10.8 Å². The molecule has 0 bridgehead atoms. The number of likely N-dealkylation sites (tertiary alicyclic amines) is 1. The van der Waals surface area contributed by atoms with E-state index in [1.54, 1.807) is 17.0 Å². The number of nitrogens with one attached hydrogen (secondary N) is 1. The molecular weight excluding hydrogens is 314 g/mol. The van der Waals surface area contributed by atoms with E-state index in [1.165, 1.54) is 0 Å². The topological polar surface area (TPSA) is 90.3 Å². The van der Waals surface area contributed by atoms with E-state index in [0.29, 0.717) is 44.3 Å². The van der Waals surface area contributed by atoms with E-state index >= 15 is 0 Å². The molecule has 1 saturated heterocycles. The summed E-state index contributed by atoms with van der Waals surface area (Å²) < 4.78 is 25.0. The Kier molecular flexibility index (Phi) is 5.74. The third kappa shape index (κ3) is 5.66. The van der Waals surface area contributed by atoms with Gasteiger partial charge in [0.15, 0.2) is 0 Å². The molecule has 23 heavy (non-hydrogen) atoms. The van der Waals surface area contributed by atoms with Gasteiger partial charge in [0, 0.05) is 25.6 Å². The SMILES string of the molecule is CS(=O)(=O)NC1CCN(C(=O)CCc2ccc(C#N)cc2)CC1. The third-order valence-corrected chi connectivity index (χ3v) is 4.70. The average molecular weight is 335 g/mol. The summed E-state index contributed by atoms with van der Waals surface area (Å²) in [6.45, 7) is 1.17. The van der Waals surface area contributed by atoms with Crippen LogP contribution >= 0.6 is 0 Å². The highest BCUT2D eigenvalue weighted by molar-refractivity contribution is 7.88. The van der Waals surface area contributed by atoms with E-state index < -0.39 is 10.0 Å². The Balaban J connectivity index is 1.77. The van der Waals surface area contributed by atoms with Crippen LogP contribution < -0.4 is 4.72 Å². The van der Waals surface area contributed by atoms with Crippen LogP contribution in [-0.4, -0.2) is 44.6 Å². The summed E-state index contributed by atoms with van der Waals surface area (Å²) >= 11 is 0. The predicted octanol–water partition coefficient (Wildman–Crippen LogP) is 1.03. The third-order valence-electron chi connectivity index (χ3n) is 3.94. The van der Waals surface area contributed by atoms with Gasteiger partial charge in [-0.3, -0.25) is 4.79 Å². The van der Waals surface area contributed by atoms with Gasteiger partial charge in [0.1, 0.15) is 0 Å². The minimum Gasteiger partial charge on any atom is -0.343 e. The van der Waals surface area contributed by atoms with Crippen LogP contribution in [0, 0.1) is 11.3 Å². The predicted molar refractivity (Wildman–Crippen MR) is 87.1 cm³/mol. The van der Waals surface area contributed by atoms with Gasteiger partial charge in [-0.1, -0.05) is 12.1 Å². The van der Waals surface area contributed by atoms with Gasteiger partial charge in [0.05, 0.1) is 17.9 Å². The van der Waals surface area contributed by atoms with Gasteiger partial charge in [0.2, 0.25) is 15.9 Å². The number of carbonyl (C=O) groups excluding carboxylic acids is 1. The summed E-state index contributed by atoms with van der Waals surface area (Å²) in [6.07, 6.45) is 3.52. The first-order valence-electron chi connectivity index (χ1n) is 7.61. The zero-order chi connectivity index (χ0) is 16.9. The van der Waals surface area contributed by atoms with E-state index in [4.69, 9.17) is 5.26 Å². The summed E-state index contributed by atoms with van der Waals surface area (Å²) in [6, 6.07) is 9.23. The molecule has 0 aromatic heterocycles. The Morgan fingerprint density at radius 1 is 1.30 bits per heavy atom. The molecule has 6 nitrogen and oxygen atoms in total. The number of piperidine rings is 1. The molecule has 7 heteroatoms. The number of nitriles is 1. The van der Waals surface area contributed by atoms with Gasteiger partial charge >= 0.3 is 0 Å². The van der Waals surface area contributed by atoms with Crippen LogP contribution in [0.2, 0.25) is 0 Å². The van der Waals surface area contributed by atoms with Gasteiger partial charge in [-0.05, 0) is 37.0 Å². The second-order valence-corrected chi connectivity index (χ2v) is 7.63. The molecule has 1 heterocycles. The van der Waals surface area contributed by atoms with Crippen LogP contribution in [0.4, 0.5) is 0 Å². The van der Waals surface area contributed by atoms with E-state index in [0.717, 1.165) is 11.8 Å². The Hall–Kier alpha value is -1.91. The van der Waals surface area contributed by atoms with Gasteiger partial charge in [-0.15, -0.1) is 0 Å². The number of nitrogens with zero attached hydrogens (tertiary/aromatic N) is 2. The van der Waals surface area contributed by atoms with Crippen molar-refractivity contribution in [2.45, 2.75) is 31.7 Å². The van der Waals surface area contributed by atoms with Crippen LogP contribution in [0.1, 0.15) is 30.4 Å². The molecule has 1 amide bonds. The van der Waals surface area contributed by atoms with Crippen molar-refractivity contribution < 1.29 is 13.2 Å². The number of sulfonamides is 1. The fourth-order valence-corrected chi connectivity index (χ4v) is 3.55. The first-order chi connectivity index (χ1) is 10.9. The number of amides is 1. The lowest BCUT2D eigenvalue weighted by Gasteiger charge is -2.32. The summed E-state index contributed by atoms with van der Waals surface area (Å²) in [7, 11) is -3.19. The highest BCUT2D eigenvalue weighted by Gasteiger charge is 2.24. The number of hydrogen-bond acceptors (Lipinski definition) is 4. The molecule has 1 N–H and O–H groups in total. The van der Waals surface area contributed by atoms with Crippen LogP contribution in [0.5, 0.6) is 0 Å². The number of hydrogen-bond donors (Lipinski definition) is 1. The van der Waals surface area contributed by atoms with Gasteiger partial charge in [-0.2, -0.15) is 5.26 Å². The molecule has 0 radical (unpaired) electrons. The molecule has 1 aromatic carbocycles. The Bertz CT molecular complexity index is 684. The smallest absolute Gasteiger partial charge is 0.222 e. The van der Waals surface area contributed by atoms with Crippen molar-refractivity contribution in [3.05, 3.63) is 35.4 Å². The summed E-state index contributed by atoms with van der Waals surface area (Å²) in [4.78, 5) is 14.0.